The van der Waals surface area contributed by atoms with Crippen LogP contribution in [0.3, 0.4) is 0 Å². The number of anilines is 2. The number of nitrogens with zero attached hydrogens (tertiary/aromatic N) is 2. The smallest absolute Gasteiger partial charge is 0.243 e. The van der Waals surface area contributed by atoms with Gasteiger partial charge < -0.3 is 11.1 Å². The molecule has 0 aliphatic heterocycles. The predicted molar refractivity (Wildman–Crippen MR) is 60.4 cm³/mol. The summed E-state index contributed by atoms with van der Waals surface area (Å²) in [6, 6.07) is 0.491. The first kappa shape index (κ1) is 10.3. The number of nitrogen functional groups attached to an aromatic ring is 1. The van der Waals surface area contributed by atoms with Gasteiger partial charge in [-0.2, -0.15) is 4.98 Å². The first-order valence-electron chi connectivity index (χ1n) is 5.65. The molecular weight excluding hydrogens is 190 g/mol. The number of aromatic amines is 1. The Morgan fingerprint density at radius 2 is 2.33 bits per heavy atom. The van der Waals surface area contributed by atoms with E-state index < -0.39 is 0 Å². The fraction of sp³-hybridized carbons (Fsp3) is 0.800. The zero-order valence-corrected chi connectivity index (χ0v) is 9.33. The highest BCUT2D eigenvalue weighted by atomic mass is 15.3. The molecule has 1 saturated carbocycles. The average Bonchev–Trinajstić information content (AvgIpc) is 2.76. The van der Waals surface area contributed by atoms with Gasteiger partial charge in [-0.15, -0.1) is 5.10 Å². The van der Waals surface area contributed by atoms with Crippen molar-refractivity contribution in [2.75, 3.05) is 11.1 Å². The number of hydrogen-bond donors (Lipinski definition) is 3. The highest BCUT2D eigenvalue weighted by molar-refractivity contribution is 5.31. The second-order valence-corrected chi connectivity index (χ2v) is 4.40. The third-order valence-electron chi connectivity index (χ3n) is 3.57. The predicted octanol–water partition coefficient (Wildman–Crippen LogP) is 1.62. The number of rotatable bonds is 3. The van der Waals surface area contributed by atoms with Gasteiger partial charge in [0.25, 0.3) is 0 Å². The van der Waals surface area contributed by atoms with Crippen molar-refractivity contribution in [3.63, 3.8) is 0 Å². The Hall–Kier alpha value is -1.26. The maximum Gasteiger partial charge on any atom is 0.243 e. The molecule has 1 aliphatic rings. The van der Waals surface area contributed by atoms with Crippen LogP contribution in [0.1, 0.15) is 33.1 Å². The van der Waals surface area contributed by atoms with E-state index in [1.807, 2.05) is 0 Å². The lowest BCUT2D eigenvalue weighted by atomic mass is 9.94. The van der Waals surface area contributed by atoms with Crippen molar-refractivity contribution in [1.29, 1.82) is 0 Å². The third kappa shape index (κ3) is 2.06. The van der Waals surface area contributed by atoms with Crippen LogP contribution in [0, 0.1) is 11.8 Å². The summed E-state index contributed by atoms with van der Waals surface area (Å²) in [6.07, 6.45) is 3.76. The Morgan fingerprint density at radius 1 is 1.53 bits per heavy atom. The number of aromatic nitrogens is 3. The molecule has 5 heteroatoms. The molecule has 84 valence electrons. The molecule has 5 nitrogen and oxygen atoms in total. The molecule has 1 aromatic heterocycles. The van der Waals surface area contributed by atoms with Gasteiger partial charge in [0.05, 0.1) is 0 Å². The van der Waals surface area contributed by atoms with E-state index in [0.717, 1.165) is 5.92 Å². The van der Waals surface area contributed by atoms with Crippen molar-refractivity contribution >= 4 is 11.9 Å². The van der Waals surface area contributed by atoms with Crippen LogP contribution in [-0.2, 0) is 0 Å². The fourth-order valence-corrected chi connectivity index (χ4v) is 2.53. The number of nitrogens with two attached hydrogens (primary N) is 1. The SMILES string of the molecule is CCC1CCC(Nc2n[nH]c(N)n2)C1C. The zero-order valence-electron chi connectivity index (χ0n) is 9.33. The van der Waals surface area contributed by atoms with Gasteiger partial charge in [-0.05, 0) is 24.7 Å². The molecule has 0 amide bonds. The maximum absolute atomic E-state index is 5.47. The Balaban J connectivity index is 1.96. The average molecular weight is 209 g/mol. The molecule has 1 aromatic rings. The van der Waals surface area contributed by atoms with Gasteiger partial charge in [-0.25, -0.2) is 5.10 Å². The van der Waals surface area contributed by atoms with Crippen LogP contribution in [0.25, 0.3) is 0 Å². The van der Waals surface area contributed by atoms with Crippen molar-refractivity contribution in [3.8, 4) is 0 Å². The lowest BCUT2D eigenvalue weighted by Gasteiger charge is -2.19. The van der Waals surface area contributed by atoms with Gasteiger partial charge in [-0.3, -0.25) is 0 Å². The Labute approximate surface area is 89.9 Å². The minimum atomic E-state index is 0.371. The lowest BCUT2D eigenvalue weighted by Crippen LogP contribution is -2.25. The van der Waals surface area contributed by atoms with Crippen LogP contribution >= 0.6 is 0 Å². The minimum Gasteiger partial charge on any atom is -0.368 e. The molecule has 3 unspecified atom stereocenters. The lowest BCUT2D eigenvalue weighted by molar-refractivity contribution is 0.391. The van der Waals surface area contributed by atoms with E-state index in [2.05, 4.69) is 34.3 Å². The first-order valence-corrected chi connectivity index (χ1v) is 5.65. The molecule has 15 heavy (non-hydrogen) atoms. The largest absolute Gasteiger partial charge is 0.368 e. The zero-order chi connectivity index (χ0) is 10.8. The summed E-state index contributed by atoms with van der Waals surface area (Å²) in [5.74, 6) is 2.52. The molecule has 4 N–H and O–H groups in total. The van der Waals surface area contributed by atoms with Crippen LogP contribution in [-0.4, -0.2) is 21.2 Å². The van der Waals surface area contributed by atoms with Gasteiger partial charge >= 0.3 is 0 Å². The molecular formula is C10H19N5. The molecule has 1 heterocycles. The van der Waals surface area contributed by atoms with Gasteiger partial charge in [0.1, 0.15) is 0 Å². The molecule has 1 aliphatic carbocycles. The summed E-state index contributed by atoms with van der Waals surface area (Å²) in [5.41, 5.74) is 5.47. The Morgan fingerprint density at radius 3 is 2.87 bits per heavy atom. The highest BCUT2D eigenvalue weighted by Gasteiger charge is 2.31. The van der Waals surface area contributed by atoms with E-state index in [9.17, 15) is 0 Å². The summed E-state index contributed by atoms with van der Waals surface area (Å²) in [7, 11) is 0. The van der Waals surface area contributed by atoms with Crippen molar-refractivity contribution in [2.24, 2.45) is 11.8 Å². The first-order chi connectivity index (χ1) is 7.20. The molecule has 0 spiro atoms. The van der Waals surface area contributed by atoms with Crippen molar-refractivity contribution < 1.29 is 0 Å². The van der Waals surface area contributed by atoms with Crippen LogP contribution in [0.4, 0.5) is 11.9 Å². The number of hydrogen-bond acceptors (Lipinski definition) is 4. The number of nitrogens with one attached hydrogen (secondary N) is 2. The second kappa shape index (κ2) is 4.08. The molecule has 0 aromatic carbocycles. The van der Waals surface area contributed by atoms with Crippen LogP contribution < -0.4 is 11.1 Å². The summed E-state index contributed by atoms with van der Waals surface area (Å²) >= 11 is 0. The van der Waals surface area contributed by atoms with Crippen LogP contribution in [0.15, 0.2) is 0 Å². The second-order valence-electron chi connectivity index (χ2n) is 4.40. The minimum absolute atomic E-state index is 0.371. The summed E-state index contributed by atoms with van der Waals surface area (Å²) in [5, 5.41) is 9.97. The molecule has 3 atom stereocenters. The van der Waals surface area contributed by atoms with E-state index in [1.165, 1.54) is 19.3 Å². The van der Waals surface area contributed by atoms with Crippen molar-refractivity contribution in [1.82, 2.24) is 15.2 Å². The summed E-state index contributed by atoms with van der Waals surface area (Å²) < 4.78 is 0. The monoisotopic (exact) mass is 209 g/mol. The standard InChI is InChI=1S/C10H19N5/c1-3-7-4-5-8(6(7)2)12-10-13-9(11)14-15-10/h6-8H,3-5H2,1-2H3,(H4,11,12,13,14,15). The topological polar surface area (TPSA) is 79.6 Å². The Bertz CT molecular complexity index is 321. The van der Waals surface area contributed by atoms with E-state index in [4.69, 9.17) is 5.73 Å². The molecule has 0 bridgehead atoms. The van der Waals surface area contributed by atoms with Crippen LogP contribution in [0.2, 0.25) is 0 Å². The van der Waals surface area contributed by atoms with Gasteiger partial charge in [0.2, 0.25) is 11.9 Å². The molecule has 0 saturated heterocycles. The molecule has 1 fully saturated rings. The third-order valence-corrected chi connectivity index (χ3v) is 3.57. The Kier molecular flexibility index (Phi) is 2.79. The molecule has 0 radical (unpaired) electrons. The van der Waals surface area contributed by atoms with Gasteiger partial charge in [0, 0.05) is 6.04 Å². The van der Waals surface area contributed by atoms with Gasteiger partial charge in [0.15, 0.2) is 0 Å². The summed E-state index contributed by atoms with van der Waals surface area (Å²) in [4.78, 5) is 4.06. The van der Waals surface area contributed by atoms with E-state index in [0.29, 0.717) is 23.9 Å². The van der Waals surface area contributed by atoms with E-state index >= 15 is 0 Å². The van der Waals surface area contributed by atoms with E-state index in [-0.39, 0.29) is 0 Å². The molecule has 2 rings (SSSR count). The highest BCUT2D eigenvalue weighted by Crippen LogP contribution is 2.35. The van der Waals surface area contributed by atoms with Crippen molar-refractivity contribution in [3.05, 3.63) is 0 Å². The maximum atomic E-state index is 5.47. The summed E-state index contributed by atoms with van der Waals surface area (Å²) in [6.45, 7) is 4.56. The van der Waals surface area contributed by atoms with E-state index in [1.54, 1.807) is 0 Å². The van der Waals surface area contributed by atoms with Gasteiger partial charge in [-0.1, -0.05) is 20.3 Å². The van der Waals surface area contributed by atoms with Crippen molar-refractivity contribution in [2.45, 2.75) is 39.2 Å². The fourth-order valence-electron chi connectivity index (χ4n) is 2.53. The number of H-pyrrole nitrogens is 1. The van der Waals surface area contributed by atoms with Crippen LogP contribution in [0.5, 0.6) is 0 Å². The quantitative estimate of drug-likeness (QED) is 0.706. The normalized spacial score (nSPS) is 30.7.